The van der Waals surface area contributed by atoms with Crippen molar-refractivity contribution in [3.8, 4) is 5.75 Å². The predicted octanol–water partition coefficient (Wildman–Crippen LogP) is 2.72. The van der Waals surface area contributed by atoms with E-state index in [9.17, 15) is 4.79 Å². The van der Waals surface area contributed by atoms with Crippen molar-refractivity contribution >= 4 is 5.97 Å². The van der Waals surface area contributed by atoms with Gasteiger partial charge in [0.15, 0.2) is 0 Å². The molecule has 0 atom stereocenters. The molecule has 0 radical (unpaired) electrons. The number of carboxylic acid groups (broad SMARTS) is 1. The molecule has 0 fully saturated rings. The molecule has 3 heteroatoms. The zero-order valence-corrected chi connectivity index (χ0v) is 10.0. The van der Waals surface area contributed by atoms with Gasteiger partial charge in [-0.3, -0.25) is 4.79 Å². The van der Waals surface area contributed by atoms with Crippen LogP contribution in [0.25, 0.3) is 0 Å². The molecule has 0 heterocycles. The van der Waals surface area contributed by atoms with Crippen molar-refractivity contribution in [1.29, 1.82) is 0 Å². The highest BCUT2D eigenvalue weighted by molar-refractivity contribution is 5.66. The van der Waals surface area contributed by atoms with Crippen LogP contribution in [0, 0.1) is 13.8 Å². The molecule has 0 aromatic heterocycles. The van der Waals surface area contributed by atoms with Crippen molar-refractivity contribution in [3.63, 3.8) is 0 Å². The predicted molar refractivity (Wildman–Crippen MR) is 63.0 cm³/mol. The highest BCUT2D eigenvalue weighted by atomic mass is 16.5. The maximum Gasteiger partial charge on any atom is 0.303 e. The molecule has 0 bridgehead atoms. The number of carbonyl (C=O) groups is 1. The van der Waals surface area contributed by atoms with Crippen LogP contribution >= 0.6 is 0 Å². The SMILES string of the molecule is COc1cc(C)cc(C)c1CCCC(=O)O. The van der Waals surface area contributed by atoms with E-state index in [1.165, 1.54) is 5.56 Å². The average Bonchev–Trinajstić information content (AvgIpc) is 2.20. The Balaban J connectivity index is 2.81. The van der Waals surface area contributed by atoms with Crippen LogP contribution in [0.3, 0.4) is 0 Å². The van der Waals surface area contributed by atoms with E-state index >= 15 is 0 Å². The van der Waals surface area contributed by atoms with Crippen LogP contribution < -0.4 is 4.74 Å². The van der Waals surface area contributed by atoms with Crippen LogP contribution in [-0.2, 0) is 11.2 Å². The Morgan fingerprint density at radius 3 is 2.62 bits per heavy atom. The van der Waals surface area contributed by atoms with Gasteiger partial charge in [-0.25, -0.2) is 0 Å². The van der Waals surface area contributed by atoms with Gasteiger partial charge in [0.25, 0.3) is 0 Å². The Morgan fingerprint density at radius 1 is 1.38 bits per heavy atom. The molecule has 88 valence electrons. The number of hydrogen-bond donors (Lipinski definition) is 1. The number of ether oxygens (including phenoxy) is 1. The van der Waals surface area contributed by atoms with E-state index in [1.54, 1.807) is 7.11 Å². The van der Waals surface area contributed by atoms with Crippen molar-refractivity contribution in [2.24, 2.45) is 0 Å². The fourth-order valence-electron chi connectivity index (χ4n) is 1.88. The van der Waals surface area contributed by atoms with Gasteiger partial charge in [-0.05, 0) is 49.4 Å². The first-order chi connectivity index (χ1) is 7.54. The molecule has 0 saturated carbocycles. The largest absolute Gasteiger partial charge is 0.496 e. The van der Waals surface area contributed by atoms with Gasteiger partial charge in [0.05, 0.1) is 7.11 Å². The number of aliphatic carboxylic acids is 1. The van der Waals surface area contributed by atoms with Crippen LogP contribution in [0.1, 0.15) is 29.5 Å². The standard InChI is InChI=1S/C13H18O3/c1-9-7-10(2)11(12(8-9)16-3)5-4-6-13(14)15/h7-8H,4-6H2,1-3H3,(H,14,15). The zero-order chi connectivity index (χ0) is 12.1. The van der Waals surface area contributed by atoms with Crippen LogP contribution in [-0.4, -0.2) is 18.2 Å². The van der Waals surface area contributed by atoms with Gasteiger partial charge < -0.3 is 9.84 Å². The molecule has 0 aliphatic rings. The molecule has 1 aromatic rings. The van der Waals surface area contributed by atoms with Crippen molar-refractivity contribution in [1.82, 2.24) is 0 Å². The van der Waals surface area contributed by atoms with E-state index in [-0.39, 0.29) is 6.42 Å². The Morgan fingerprint density at radius 2 is 2.06 bits per heavy atom. The lowest BCUT2D eigenvalue weighted by Gasteiger charge is -2.12. The summed E-state index contributed by atoms with van der Waals surface area (Å²) in [6, 6.07) is 4.09. The molecule has 1 aromatic carbocycles. The second kappa shape index (κ2) is 5.54. The summed E-state index contributed by atoms with van der Waals surface area (Å²) >= 11 is 0. The summed E-state index contributed by atoms with van der Waals surface area (Å²) in [6.45, 7) is 4.06. The number of benzene rings is 1. The van der Waals surface area contributed by atoms with E-state index in [1.807, 2.05) is 19.9 Å². The first-order valence-electron chi connectivity index (χ1n) is 5.40. The number of hydrogen-bond acceptors (Lipinski definition) is 2. The molecule has 0 amide bonds. The molecule has 0 saturated heterocycles. The summed E-state index contributed by atoms with van der Waals surface area (Å²) in [5.41, 5.74) is 3.45. The van der Waals surface area contributed by atoms with E-state index in [0.29, 0.717) is 6.42 Å². The van der Waals surface area contributed by atoms with Crippen molar-refractivity contribution in [2.45, 2.75) is 33.1 Å². The maximum absolute atomic E-state index is 10.5. The van der Waals surface area contributed by atoms with E-state index in [2.05, 4.69) is 6.07 Å². The lowest BCUT2D eigenvalue weighted by Crippen LogP contribution is -2.00. The van der Waals surface area contributed by atoms with Gasteiger partial charge in [0.2, 0.25) is 0 Å². The quantitative estimate of drug-likeness (QED) is 0.833. The lowest BCUT2D eigenvalue weighted by atomic mass is 9.99. The first kappa shape index (κ1) is 12.6. The molecular formula is C13H18O3. The minimum atomic E-state index is -0.747. The van der Waals surface area contributed by atoms with Crippen molar-refractivity contribution < 1.29 is 14.6 Å². The summed E-state index contributed by atoms with van der Waals surface area (Å²) in [6.07, 6.45) is 1.60. The third-order valence-corrected chi connectivity index (χ3v) is 2.61. The van der Waals surface area contributed by atoms with Crippen molar-refractivity contribution in [3.05, 3.63) is 28.8 Å². The summed E-state index contributed by atoms with van der Waals surface area (Å²) in [4.78, 5) is 10.5. The highest BCUT2D eigenvalue weighted by Gasteiger charge is 2.08. The smallest absolute Gasteiger partial charge is 0.303 e. The minimum absolute atomic E-state index is 0.205. The summed E-state index contributed by atoms with van der Waals surface area (Å²) in [5, 5.41) is 8.60. The molecule has 3 nitrogen and oxygen atoms in total. The Labute approximate surface area is 96.1 Å². The van der Waals surface area contributed by atoms with Gasteiger partial charge in [0.1, 0.15) is 5.75 Å². The van der Waals surface area contributed by atoms with Crippen molar-refractivity contribution in [2.75, 3.05) is 7.11 Å². The van der Waals surface area contributed by atoms with Gasteiger partial charge in [-0.15, -0.1) is 0 Å². The Bertz CT molecular complexity index is 383. The fraction of sp³-hybridized carbons (Fsp3) is 0.462. The zero-order valence-electron chi connectivity index (χ0n) is 10.0. The summed E-state index contributed by atoms with van der Waals surface area (Å²) < 4.78 is 5.32. The van der Waals surface area contributed by atoms with Crippen LogP contribution in [0.4, 0.5) is 0 Å². The molecule has 0 spiro atoms. The average molecular weight is 222 g/mol. The van der Waals surface area contributed by atoms with E-state index < -0.39 is 5.97 Å². The third-order valence-electron chi connectivity index (χ3n) is 2.61. The third kappa shape index (κ3) is 3.26. The molecular weight excluding hydrogens is 204 g/mol. The fourth-order valence-corrected chi connectivity index (χ4v) is 1.88. The first-order valence-corrected chi connectivity index (χ1v) is 5.40. The minimum Gasteiger partial charge on any atom is -0.496 e. The number of methoxy groups -OCH3 is 1. The van der Waals surface area contributed by atoms with E-state index in [4.69, 9.17) is 9.84 Å². The summed E-state index contributed by atoms with van der Waals surface area (Å²) in [5.74, 6) is 0.117. The van der Waals surface area contributed by atoms with Crippen LogP contribution in [0.15, 0.2) is 12.1 Å². The van der Waals surface area contributed by atoms with Gasteiger partial charge >= 0.3 is 5.97 Å². The lowest BCUT2D eigenvalue weighted by molar-refractivity contribution is -0.137. The Hall–Kier alpha value is -1.51. The number of aryl methyl sites for hydroxylation is 2. The highest BCUT2D eigenvalue weighted by Crippen LogP contribution is 2.25. The van der Waals surface area contributed by atoms with Crippen LogP contribution in [0.5, 0.6) is 5.75 Å². The maximum atomic E-state index is 10.5. The van der Waals surface area contributed by atoms with Gasteiger partial charge in [-0.2, -0.15) is 0 Å². The molecule has 1 rings (SSSR count). The number of carboxylic acids is 1. The van der Waals surface area contributed by atoms with Crippen LogP contribution in [0.2, 0.25) is 0 Å². The normalized spacial score (nSPS) is 10.2. The summed E-state index contributed by atoms with van der Waals surface area (Å²) in [7, 11) is 1.65. The monoisotopic (exact) mass is 222 g/mol. The van der Waals surface area contributed by atoms with E-state index in [0.717, 1.165) is 23.3 Å². The second-order valence-electron chi connectivity index (χ2n) is 4.01. The topological polar surface area (TPSA) is 46.5 Å². The second-order valence-corrected chi connectivity index (χ2v) is 4.01. The molecule has 0 aliphatic carbocycles. The Kier molecular flexibility index (Phi) is 4.35. The molecule has 0 unspecified atom stereocenters. The molecule has 1 N–H and O–H groups in total. The van der Waals surface area contributed by atoms with Gasteiger partial charge in [0, 0.05) is 6.42 Å². The van der Waals surface area contributed by atoms with Gasteiger partial charge in [-0.1, -0.05) is 6.07 Å². The molecule has 0 aliphatic heterocycles. The molecule has 16 heavy (non-hydrogen) atoms. The number of rotatable bonds is 5.